The number of nitrogens with one attached hydrogen (secondary N) is 1. The van der Waals surface area contributed by atoms with Gasteiger partial charge in [0.1, 0.15) is 5.01 Å². The first-order valence-corrected chi connectivity index (χ1v) is 9.86. The van der Waals surface area contributed by atoms with E-state index in [1.165, 1.54) is 11.3 Å². The summed E-state index contributed by atoms with van der Waals surface area (Å²) in [7, 11) is 0. The first-order chi connectivity index (χ1) is 13.1. The van der Waals surface area contributed by atoms with E-state index in [1.807, 2.05) is 36.4 Å². The van der Waals surface area contributed by atoms with Gasteiger partial charge in [0.15, 0.2) is 0 Å². The van der Waals surface area contributed by atoms with Crippen LogP contribution in [0.25, 0.3) is 20.1 Å². The quantitative estimate of drug-likeness (QED) is 0.536. The summed E-state index contributed by atoms with van der Waals surface area (Å²) in [5, 5.41) is 3.79. The van der Waals surface area contributed by atoms with Crippen molar-refractivity contribution in [1.82, 2.24) is 10.3 Å². The smallest absolute Gasteiger partial charge is 0.261 e. The number of thiophene rings is 1. The Morgan fingerprint density at radius 1 is 1.00 bits per heavy atom. The Kier molecular flexibility index (Phi) is 4.70. The second-order valence-electron chi connectivity index (χ2n) is 5.90. The SMILES string of the molecule is NC(=O)c1cccc(CNC(=O)c2ccc(-c3nc4ccccc4s3)s2)c1. The minimum atomic E-state index is -0.484. The number of fused-ring (bicyclic) bond motifs is 1. The van der Waals surface area contributed by atoms with Gasteiger partial charge in [0.2, 0.25) is 5.91 Å². The lowest BCUT2D eigenvalue weighted by Gasteiger charge is -2.05. The topological polar surface area (TPSA) is 85.1 Å². The Hall–Kier alpha value is -3.03. The summed E-state index contributed by atoms with van der Waals surface area (Å²) in [4.78, 5) is 29.9. The molecule has 134 valence electrons. The number of amides is 2. The Balaban J connectivity index is 1.47. The molecule has 0 saturated heterocycles. The first kappa shape index (κ1) is 17.4. The van der Waals surface area contributed by atoms with Crippen molar-refractivity contribution in [1.29, 1.82) is 0 Å². The van der Waals surface area contributed by atoms with Crippen LogP contribution < -0.4 is 11.1 Å². The van der Waals surface area contributed by atoms with Crippen molar-refractivity contribution in [3.8, 4) is 9.88 Å². The number of para-hydroxylation sites is 1. The molecule has 27 heavy (non-hydrogen) atoms. The van der Waals surface area contributed by atoms with Gasteiger partial charge in [-0.05, 0) is 42.0 Å². The van der Waals surface area contributed by atoms with E-state index in [-0.39, 0.29) is 5.91 Å². The third-order valence-electron chi connectivity index (χ3n) is 4.00. The van der Waals surface area contributed by atoms with E-state index in [1.54, 1.807) is 35.6 Å². The maximum atomic E-state index is 12.4. The molecule has 2 aromatic heterocycles. The van der Waals surface area contributed by atoms with E-state index >= 15 is 0 Å². The molecule has 3 N–H and O–H groups in total. The number of carbonyl (C=O) groups is 2. The molecule has 2 aromatic carbocycles. The Bertz CT molecular complexity index is 1110. The van der Waals surface area contributed by atoms with E-state index < -0.39 is 5.91 Å². The molecule has 0 atom stereocenters. The Morgan fingerprint density at radius 2 is 1.85 bits per heavy atom. The van der Waals surface area contributed by atoms with Crippen LogP contribution >= 0.6 is 22.7 Å². The van der Waals surface area contributed by atoms with Gasteiger partial charge >= 0.3 is 0 Å². The molecule has 4 aromatic rings. The fourth-order valence-electron chi connectivity index (χ4n) is 2.66. The van der Waals surface area contributed by atoms with Gasteiger partial charge in [-0.2, -0.15) is 0 Å². The summed E-state index contributed by atoms with van der Waals surface area (Å²) in [6, 6.07) is 18.6. The summed E-state index contributed by atoms with van der Waals surface area (Å²) < 4.78 is 1.13. The third-order valence-corrected chi connectivity index (χ3v) is 6.29. The predicted octanol–water partition coefficient (Wildman–Crippen LogP) is 4.05. The zero-order chi connectivity index (χ0) is 18.8. The molecule has 0 spiro atoms. The number of hydrogen-bond acceptors (Lipinski definition) is 5. The summed E-state index contributed by atoms with van der Waals surface area (Å²) in [6.07, 6.45) is 0. The molecule has 0 unspecified atom stereocenters. The van der Waals surface area contributed by atoms with Gasteiger partial charge in [0, 0.05) is 12.1 Å². The van der Waals surface area contributed by atoms with Crippen molar-refractivity contribution in [3.63, 3.8) is 0 Å². The molecule has 7 heteroatoms. The number of aromatic nitrogens is 1. The summed E-state index contributed by atoms with van der Waals surface area (Å²) in [5.74, 6) is -0.640. The van der Waals surface area contributed by atoms with E-state index in [4.69, 9.17) is 5.73 Å². The van der Waals surface area contributed by atoms with Crippen LogP contribution in [0.15, 0.2) is 60.7 Å². The lowest BCUT2D eigenvalue weighted by molar-refractivity contribution is 0.0954. The maximum Gasteiger partial charge on any atom is 0.261 e. The number of hydrogen-bond donors (Lipinski definition) is 2. The van der Waals surface area contributed by atoms with Crippen LogP contribution in [0.3, 0.4) is 0 Å². The van der Waals surface area contributed by atoms with Crippen molar-refractivity contribution in [2.75, 3.05) is 0 Å². The van der Waals surface area contributed by atoms with Gasteiger partial charge in [-0.1, -0.05) is 24.3 Å². The number of thiazole rings is 1. The summed E-state index contributed by atoms with van der Waals surface area (Å²) >= 11 is 3.03. The van der Waals surface area contributed by atoms with Crippen LogP contribution in [0.2, 0.25) is 0 Å². The van der Waals surface area contributed by atoms with Crippen LogP contribution in [0, 0.1) is 0 Å². The fraction of sp³-hybridized carbons (Fsp3) is 0.0500. The highest BCUT2D eigenvalue weighted by molar-refractivity contribution is 7.26. The molecule has 0 bridgehead atoms. The number of carbonyl (C=O) groups excluding carboxylic acids is 2. The molecule has 4 rings (SSSR count). The standard InChI is InChI=1S/C20H15N3O2S2/c21-18(24)13-5-3-4-12(10-13)11-22-19(25)16-8-9-17(26-16)20-23-14-6-1-2-7-15(14)27-20/h1-10H,11H2,(H2,21,24)(H,22,25). The molecule has 0 fully saturated rings. The highest BCUT2D eigenvalue weighted by Crippen LogP contribution is 2.34. The minimum Gasteiger partial charge on any atom is -0.366 e. The van der Waals surface area contributed by atoms with Crippen LogP contribution in [-0.4, -0.2) is 16.8 Å². The fourth-order valence-corrected chi connectivity index (χ4v) is 4.60. The van der Waals surface area contributed by atoms with E-state index in [0.717, 1.165) is 25.7 Å². The monoisotopic (exact) mass is 393 g/mol. The molecule has 0 aliphatic carbocycles. The van der Waals surface area contributed by atoms with Crippen LogP contribution in [0.5, 0.6) is 0 Å². The van der Waals surface area contributed by atoms with Crippen molar-refractivity contribution < 1.29 is 9.59 Å². The van der Waals surface area contributed by atoms with E-state index in [2.05, 4.69) is 10.3 Å². The number of benzene rings is 2. The predicted molar refractivity (Wildman–Crippen MR) is 109 cm³/mol. The van der Waals surface area contributed by atoms with Gasteiger partial charge in [-0.3, -0.25) is 9.59 Å². The van der Waals surface area contributed by atoms with Gasteiger partial charge in [0.05, 0.1) is 20.0 Å². The molecule has 0 radical (unpaired) electrons. The molecule has 0 aliphatic rings. The Labute approximate surface area is 163 Å². The van der Waals surface area contributed by atoms with Crippen molar-refractivity contribution in [2.24, 2.45) is 5.73 Å². The third kappa shape index (κ3) is 3.74. The first-order valence-electron chi connectivity index (χ1n) is 8.23. The highest BCUT2D eigenvalue weighted by atomic mass is 32.1. The van der Waals surface area contributed by atoms with Gasteiger partial charge < -0.3 is 11.1 Å². The van der Waals surface area contributed by atoms with Crippen LogP contribution in [0.1, 0.15) is 25.6 Å². The molecule has 0 saturated carbocycles. The number of nitrogens with two attached hydrogens (primary N) is 1. The number of nitrogens with zero attached hydrogens (tertiary/aromatic N) is 1. The van der Waals surface area contributed by atoms with E-state index in [9.17, 15) is 9.59 Å². The molecule has 2 heterocycles. The molecular formula is C20H15N3O2S2. The Morgan fingerprint density at radius 3 is 2.67 bits per heavy atom. The largest absolute Gasteiger partial charge is 0.366 e. The highest BCUT2D eigenvalue weighted by Gasteiger charge is 2.13. The van der Waals surface area contributed by atoms with Gasteiger partial charge in [-0.15, -0.1) is 22.7 Å². The molecule has 2 amide bonds. The van der Waals surface area contributed by atoms with Gasteiger partial charge in [-0.25, -0.2) is 4.98 Å². The lowest BCUT2D eigenvalue weighted by Crippen LogP contribution is -2.22. The van der Waals surface area contributed by atoms with Crippen LogP contribution in [-0.2, 0) is 6.54 Å². The van der Waals surface area contributed by atoms with Crippen molar-refractivity contribution in [2.45, 2.75) is 6.54 Å². The normalized spacial score (nSPS) is 10.8. The average Bonchev–Trinajstić information content (AvgIpc) is 3.33. The second-order valence-corrected chi connectivity index (χ2v) is 8.01. The zero-order valence-corrected chi connectivity index (χ0v) is 15.8. The second kappa shape index (κ2) is 7.30. The number of rotatable bonds is 5. The summed E-state index contributed by atoms with van der Waals surface area (Å²) in [6.45, 7) is 0.328. The lowest BCUT2D eigenvalue weighted by atomic mass is 10.1. The van der Waals surface area contributed by atoms with Crippen LogP contribution in [0.4, 0.5) is 0 Å². The molecular weight excluding hydrogens is 378 g/mol. The minimum absolute atomic E-state index is 0.156. The maximum absolute atomic E-state index is 12.4. The average molecular weight is 393 g/mol. The summed E-state index contributed by atoms with van der Waals surface area (Å²) in [5.41, 5.74) is 7.50. The van der Waals surface area contributed by atoms with Gasteiger partial charge in [0.25, 0.3) is 5.91 Å². The molecule has 0 aliphatic heterocycles. The number of primary amides is 1. The van der Waals surface area contributed by atoms with Crippen molar-refractivity contribution >= 4 is 44.7 Å². The molecule has 5 nitrogen and oxygen atoms in total. The zero-order valence-electron chi connectivity index (χ0n) is 14.1. The van der Waals surface area contributed by atoms with E-state index in [0.29, 0.717) is 17.0 Å². The van der Waals surface area contributed by atoms with Crippen molar-refractivity contribution in [3.05, 3.63) is 76.7 Å².